The van der Waals surface area contributed by atoms with Crippen LogP contribution in [0.1, 0.15) is 15.9 Å². The molecule has 2 heterocycles. The van der Waals surface area contributed by atoms with E-state index >= 15 is 0 Å². The number of carbonyl (C=O) groups excluding carboxylic acids is 1. The highest BCUT2D eigenvalue weighted by Crippen LogP contribution is 2.27. The third-order valence-corrected chi connectivity index (χ3v) is 6.46. The Bertz CT molecular complexity index is 1450. The number of ether oxygens (including phenoxy) is 1. The van der Waals surface area contributed by atoms with Crippen LogP contribution < -0.4 is 15.2 Å². The molecule has 9 heteroatoms. The van der Waals surface area contributed by atoms with Gasteiger partial charge < -0.3 is 14.5 Å². The zero-order valence-corrected chi connectivity index (χ0v) is 20.2. The lowest BCUT2D eigenvalue weighted by molar-refractivity contribution is 0.0746. The van der Waals surface area contributed by atoms with E-state index < -0.39 is 0 Å². The highest BCUT2D eigenvalue weighted by molar-refractivity contribution is 6.32. The number of halogens is 2. The second-order valence-corrected chi connectivity index (χ2v) is 9.09. The molecule has 0 unspecified atom stereocenters. The summed E-state index contributed by atoms with van der Waals surface area (Å²) < 4.78 is 5.80. The number of hydrogen-bond acceptors (Lipinski definition) is 5. The monoisotopic (exact) mass is 508 g/mol. The SMILES string of the molecule is O=C(c1ccc(OCc2cccc(Cl)c2)c(Cl)c1)N1CCN(c2nc3ccccc3c(=O)[nH]2)CC1. The summed E-state index contributed by atoms with van der Waals surface area (Å²) in [5.74, 6) is 0.914. The van der Waals surface area contributed by atoms with Gasteiger partial charge in [-0.05, 0) is 48.0 Å². The van der Waals surface area contributed by atoms with Crippen LogP contribution in [0.5, 0.6) is 5.75 Å². The van der Waals surface area contributed by atoms with Crippen molar-refractivity contribution in [1.82, 2.24) is 14.9 Å². The van der Waals surface area contributed by atoms with E-state index in [0.29, 0.717) is 71.0 Å². The summed E-state index contributed by atoms with van der Waals surface area (Å²) >= 11 is 12.4. The molecule has 1 aliphatic heterocycles. The largest absolute Gasteiger partial charge is 0.487 e. The molecule has 1 aromatic heterocycles. The van der Waals surface area contributed by atoms with Crippen molar-refractivity contribution >= 4 is 46.0 Å². The van der Waals surface area contributed by atoms with E-state index in [1.165, 1.54) is 0 Å². The lowest BCUT2D eigenvalue weighted by atomic mass is 10.1. The predicted molar refractivity (Wildman–Crippen MR) is 138 cm³/mol. The van der Waals surface area contributed by atoms with Crippen LogP contribution in [0, 0.1) is 0 Å². The normalized spacial score (nSPS) is 13.8. The molecule has 0 bridgehead atoms. The summed E-state index contributed by atoms with van der Waals surface area (Å²) in [4.78, 5) is 36.6. The van der Waals surface area contributed by atoms with Crippen molar-refractivity contribution in [3.63, 3.8) is 0 Å². The molecule has 0 aliphatic carbocycles. The molecular formula is C26H22Cl2N4O3. The Balaban J connectivity index is 1.22. The average Bonchev–Trinajstić information content (AvgIpc) is 2.87. The summed E-state index contributed by atoms with van der Waals surface area (Å²) in [6.07, 6.45) is 0. The zero-order valence-electron chi connectivity index (χ0n) is 18.7. The number of piperazine rings is 1. The average molecular weight is 509 g/mol. The number of carbonyl (C=O) groups is 1. The minimum atomic E-state index is -0.170. The third-order valence-electron chi connectivity index (χ3n) is 5.93. The van der Waals surface area contributed by atoms with E-state index in [0.717, 1.165) is 5.56 Å². The first-order valence-corrected chi connectivity index (χ1v) is 11.9. The van der Waals surface area contributed by atoms with E-state index in [2.05, 4.69) is 9.97 Å². The molecule has 0 spiro atoms. The maximum atomic E-state index is 13.1. The van der Waals surface area contributed by atoms with E-state index in [4.69, 9.17) is 27.9 Å². The molecule has 1 aliphatic rings. The number of rotatable bonds is 5. The van der Waals surface area contributed by atoms with Crippen LogP contribution in [-0.2, 0) is 6.61 Å². The molecule has 35 heavy (non-hydrogen) atoms. The number of benzene rings is 3. The van der Waals surface area contributed by atoms with Crippen LogP contribution in [0.25, 0.3) is 10.9 Å². The molecule has 4 aromatic rings. The number of aromatic amines is 1. The highest BCUT2D eigenvalue weighted by atomic mass is 35.5. The molecule has 0 radical (unpaired) electrons. The van der Waals surface area contributed by atoms with Crippen molar-refractivity contribution in [3.8, 4) is 5.75 Å². The Morgan fingerprint density at radius 2 is 1.77 bits per heavy atom. The summed E-state index contributed by atoms with van der Waals surface area (Å²) in [5, 5.41) is 1.57. The summed E-state index contributed by atoms with van der Waals surface area (Å²) in [6, 6.07) is 19.7. The van der Waals surface area contributed by atoms with Gasteiger partial charge in [0, 0.05) is 36.8 Å². The van der Waals surface area contributed by atoms with Gasteiger partial charge in [0.05, 0.1) is 15.9 Å². The van der Waals surface area contributed by atoms with Crippen molar-refractivity contribution in [2.24, 2.45) is 0 Å². The molecular weight excluding hydrogens is 487 g/mol. The number of fused-ring (bicyclic) bond motifs is 1. The minimum Gasteiger partial charge on any atom is -0.487 e. The molecule has 1 saturated heterocycles. The number of anilines is 1. The molecule has 1 N–H and O–H groups in total. The first kappa shape index (κ1) is 23.2. The topological polar surface area (TPSA) is 78.5 Å². The van der Waals surface area contributed by atoms with Gasteiger partial charge in [0.1, 0.15) is 12.4 Å². The van der Waals surface area contributed by atoms with E-state index in [1.54, 1.807) is 35.2 Å². The Labute approximate surface area is 211 Å². The van der Waals surface area contributed by atoms with Crippen LogP contribution in [0.15, 0.2) is 71.5 Å². The fourth-order valence-corrected chi connectivity index (χ4v) is 4.51. The fourth-order valence-electron chi connectivity index (χ4n) is 4.07. The molecule has 178 valence electrons. The molecule has 3 aromatic carbocycles. The van der Waals surface area contributed by atoms with Gasteiger partial charge in [-0.25, -0.2) is 4.98 Å². The van der Waals surface area contributed by atoms with Crippen LogP contribution in [0.2, 0.25) is 10.0 Å². The van der Waals surface area contributed by atoms with Gasteiger partial charge in [-0.1, -0.05) is 47.5 Å². The van der Waals surface area contributed by atoms with Gasteiger partial charge in [-0.2, -0.15) is 0 Å². The Hall–Kier alpha value is -3.55. The third kappa shape index (κ3) is 5.11. The first-order valence-electron chi connectivity index (χ1n) is 11.2. The molecule has 0 saturated carbocycles. The number of hydrogen-bond donors (Lipinski definition) is 1. The number of nitrogens with one attached hydrogen (secondary N) is 1. The van der Waals surface area contributed by atoms with Gasteiger partial charge in [-0.3, -0.25) is 14.6 Å². The lowest BCUT2D eigenvalue weighted by Crippen LogP contribution is -2.49. The second kappa shape index (κ2) is 9.98. The zero-order chi connectivity index (χ0) is 24.4. The number of para-hydroxylation sites is 1. The van der Waals surface area contributed by atoms with E-state index in [-0.39, 0.29) is 11.5 Å². The smallest absolute Gasteiger partial charge is 0.260 e. The summed E-state index contributed by atoms with van der Waals surface area (Å²) in [6.45, 7) is 2.43. The van der Waals surface area contributed by atoms with E-state index in [1.807, 2.05) is 41.3 Å². The highest BCUT2D eigenvalue weighted by Gasteiger charge is 2.24. The number of nitrogens with zero attached hydrogens (tertiary/aromatic N) is 3. The van der Waals surface area contributed by atoms with Crippen molar-refractivity contribution in [1.29, 1.82) is 0 Å². The number of aromatic nitrogens is 2. The second-order valence-electron chi connectivity index (χ2n) is 8.25. The van der Waals surface area contributed by atoms with Crippen molar-refractivity contribution in [3.05, 3.63) is 98.3 Å². The van der Waals surface area contributed by atoms with Crippen LogP contribution >= 0.6 is 23.2 Å². The van der Waals surface area contributed by atoms with Crippen LogP contribution in [0.4, 0.5) is 5.95 Å². The van der Waals surface area contributed by atoms with E-state index in [9.17, 15) is 9.59 Å². The van der Waals surface area contributed by atoms with Gasteiger partial charge >= 0.3 is 0 Å². The molecule has 1 fully saturated rings. The molecule has 0 atom stereocenters. The summed E-state index contributed by atoms with van der Waals surface area (Å²) in [5.41, 5.74) is 1.90. The maximum absolute atomic E-state index is 13.1. The molecule has 1 amide bonds. The summed E-state index contributed by atoms with van der Waals surface area (Å²) in [7, 11) is 0. The minimum absolute atomic E-state index is 0.104. The standard InChI is InChI=1S/C26H22Cl2N4O3/c27-19-5-3-4-17(14-19)16-35-23-9-8-18(15-21(23)28)25(34)31-10-12-32(13-11-31)26-29-22-7-2-1-6-20(22)24(33)30-26/h1-9,14-15H,10-13,16H2,(H,29,30,33). The molecule has 7 nitrogen and oxygen atoms in total. The van der Waals surface area contributed by atoms with Crippen molar-refractivity contribution in [2.45, 2.75) is 6.61 Å². The Kier molecular flexibility index (Phi) is 6.61. The molecule has 5 rings (SSSR count). The lowest BCUT2D eigenvalue weighted by Gasteiger charge is -2.35. The Morgan fingerprint density at radius 1 is 0.971 bits per heavy atom. The fraction of sp³-hybridized carbons (Fsp3) is 0.192. The first-order chi connectivity index (χ1) is 17.0. The van der Waals surface area contributed by atoms with Gasteiger partial charge in [0.15, 0.2) is 0 Å². The number of H-pyrrole nitrogens is 1. The van der Waals surface area contributed by atoms with Crippen LogP contribution in [-0.4, -0.2) is 47.0 Å². The maximum Gasteiger partial charge on any atom is 0.260 e. The van der Waals surface area contributed by atoms with Crippen molar-refractivity contribution in [2.75, 3.05) is 31.1 Å². The number of amides is 1. The predicted octanol–water partition coefficient (Wildman–Crippen LogP) is 4.77. The van der Waals surface area contributed by atoms with Gasteiger partial charge in [0.2, 0.25) is 5.95 Å². The Morgan fingerprint density at radius 3 is 2.54 bits per heavy atom. The van der Waals surface area contributed by atoms with Gasteiger partial charge in [0.25, 0.3) is 11.5 Å². The van der Waals surface area contributed by atoms with Crippen LogP contribution in [0.3, 0.4) is 0 Å². The van der Waals surface area contributed by atoms with Crippen molar-refractivity contribution < 1.29 is 9.53 Å². The quantitative estimate of drug-likeness (QED) is 0.420. The van der Waals surface area contributed by atoms with Gasteiger partial charge in [-0.15, -0.1) is 0 Å².